The predicted molar refractivity (Wildman–Crippen MR) is 108 cm³/mol. The molecule has 1 aromatic carbocycles. The molecular weight excluding hydrogens is 395 g/mol. The molecule has 7 nitrogen and oxygen atoms in total. The van der Waals surface area contributed by atoms with Crippen LogP contribution >= 0.6 is 11.3 Å². The Morgan fingerprint density at radius 3 is 2.55 bits per heavy atom. The number of piperidine rings is 1. The Labute approximate surface area is 169 Å². The van der Waals surface area contributed by atoms with Crippen LogP contribution in [-0.4, -0.2) is 39.4 Å². The van der Waals surface area contributed by atoms with Gasteiger partial charge in [0.25, 0.3) is 5.56 Å². The van der Waals surface area contributed by atoms with E-state index in [0.717, 1.165) is 0 Å². The van der Waals surface area contributed by atoms with Gasteiger partial charge in [-0.2, -0.15) is 0 Å². The van der Waals surface area contributed by atoms with Crippen LogP contribution in [-0.2, 0) is 16.1 Å². The topological polar surface area (TPSA) is 98.3 Å². The van der Waals surface area contributed by atoms with Gasteiger partial charge in [-0.15, -0.1) is 11.3 Å². The minimum absolute atomic E-state index is 0.123. The van der Waals surface area contributed by atoms with Crippen LogP contribution in [0.3, 0.4) is 0 Å². The first kappa shape index (κ1) is 19.3. The van der Waals surface area contributed by atoms with E-state index in [9.17, 15) is 18.8 Å². The molecule has 1 aliphatic heterocycles. The number of aromatic nitrogens is 2. The van der Waals surface area contributed by atoms with Crippen molar-refractivity contribution >= 4 is 33.4 Å². The van der Waals surface area contributed by atoms with Crippen molar-refractivity contribution in [3.63, 3.8) is 0 Å². The molecule has 0 bridgehead atoms. The summed E-state index contributed by atoms with van der Waals surface area (Å²) in [5.41, 5.74) is 6.41. The Bertz CT molecular complexity index is 1130. The number of nitrogens with two attached hydrogens (primary N) is 1. The molecule has 1 aliphatic rings. The fourth-order valence-corrected chi connectivity index (χ4v) is 4.49. The molecule has 0 saturated carbocycles. The van der Waals surface area contributed by atoms with Crippen LogP contribution in [0.4, 0.5) is 4.39 Å². The summed E-state index contributed by atoms with van der Waals surface area (Å²) in [6.07, 6.45) is 2.45. The van der Waals surface area contributed by atoms with Crippen molar-refractivity contribution in [2.75, 3.05) is 13.1 Å². The quantitative estimate of drug-likeness (QED) is 0.706. The first-order chi connectivity index (χ1) is 13.9. The number of nitrogens with zero attached hydrogens (tertiary/aromatic N) is 3. The summed E-state index contributed by atoms with van der Waals surface area (Å²) in [5.74, 6) is -1.10. The molecule has 3 aromatic rings. The van der Waals surface area contributed by atoms with Crippen LogP contribution < -0.4 is 11.3 Å². The van der Waals surface area contributed by atoms with E-state index in [-0.39, 0.29) is 35.7 Å². The predicted octanol–water partition coefficient (Wildman–Crippen LogP) is 1.99. The molecule has 2 amide bonds. The number of hydrogen-bond donors (Lipinski definition) is 1. The summed E-state index contributed by atoms with van der Waals surface area (Å²) in [6.45, 7) is 0.758. The number of amides is 2. The van der Waals surface area contributed by atoms with Crippen LogP contribution in [0.2, 0.25) is 0 Å². The largest absolute Gasteiger partial charge is 0.369 e. The molecule has 2 N–H and O–H groups in total. The fourth-order valence-electron chi connectivity index (χ4n) is 3.58. The third kappa shape index (κ3) is 3.77. The maximum Gasteiger partial charge on any atom is 0.263 e. The van der Waals surface area contributed by atoms with Crippen molar-refractivity contribution < 1.29 is 14.0 Å². The third-order valence-electron chi connectivity index (χ3n) is 5.27. The van der Waals surface area contributed by atoms with Gasteiger partial charge in [0.15, 0.2) is 0 Å². The van der Waals surface area contributed by atoms with E-state index in [4.69, 9.17) is 5.73 Å². The van der Waals surface area contributed by atoms with Crippen LogP contribution in [0.25, 0.3) is 21.3 Å². The summed E-state index contributed by atoms with van der Waals surface area (Å²) in [4.78, 5) is 43.5. The zero-order chi connectivity index (χ0) is 20.5. The van der Waals surface area contributed by atoms with Crippen LogP contribution in [0, 0.1) is 11.7 Å². The van der Waals surface area contributed by atoms with E-state index in [1.54, 1.807) is 17.0 Å². The average Bonchev–Trinajstić information content (AvgIpc) is 3.15. The number of rotatable bonds is 4. The van der Waals surface area contributed by atoms with Gasteiger partial charge in [-0.3, -0.25) is 19.0 Å². The Kier molecular flexibility index (Phi) is 5.14. The molecule has 3 heterocycles. The van der Waals surface area contributed by atoms with Gasteiger partial charge in [0.05, 0.1) is 11.7 Å². The molecule has 9 heteroatoms. The van der Waals surface area contributed by atoms with E-state index in [1.807, 2.05) is 5.38 Å². The van der Waals surface area contributed by atoms with Gasteiger partial charge in [0.2, 0.25) is 11.8 Å². The van der Waals surface area contributed by atoms with Crippen molar-refractivity contribution in [3.8, 4) is 11.1 Å². The lowest BCUT2D eigenvalue weighted by atomic mass is 9.96. The standard InChI is InChI=1S/C20H19FN4O3S/c21-14-3-1-12(2-4-14)15-10-29-19-17(15)20(28)25(11-23-19)9-16(26)24-7-5-13(6-8-24)18(22)27/h1-4,10-11,13H,5-9H2,(H2,22,27). The number of carbonyl (C=O) groups excluding carboxylic acids is 2. The highest BCUT2D eigenvalue weighted by Crippen LogP contribution is 2.30. The first-order valence-corrected chi connectivity index (χ1v) is 10.1. The van der Waals surface area contributed by atoms with Crippen molar-refractivity contribution in [3.05, 3.63) is 52.1 Å². The van der Waals surface area contributed by atoms with Crippen LogP contribution in [0.15, 0.2) is 40.8 Å². The van der Waals surface area contributed by atoms with Crippen LogP contribution in [0.5, 0.6) is 0 Å². The van der Waals surface area contributed by atoms with Gasteiger partial charge in [-0.25, -0.2) is 9.37 Å². The fraction of sp³-hybridized carbons (Fsp3) is 0.300. The van der Waals surface area contributed by atoms with Crippen LogP contribution in [0.1, 0.15) is 12.8 Å². The van der Waals surface area contributed by atoms with Crippen molar-refractivity contribution in [1.29, 1.82) is 0 Å². The minimum atomic E-state index is -0.352. The molecule has 1 fully saturated rings. The second kappa shape index (κ2) is 7.75. The number of primary amides is 1. The number of hydrogen-bond acceptors (Lipinski definition) is 5. The Morgan fingerprint density at radius 2 is 1.90 bits per heavy atom. The van der Waals surface area contributed by atoms with Gasteiger partial charge < -0.3 is 10.6 Å². The smallest absolute Gasteiger partial charge is 0.263 e. The van der Waals surface area contributed by atoms with E-state index in [2.05, 4.69) is 4.98 Å². The number of halogens is 1. The molecule has 150 valence electrons. The summed E-state index contributed by atoms with van der Waals surface area (Å²) in [6, 6.07) is 5.91. The maximum absolute atomic E-state index is 13.2. The van der Waals surface area contributed by atoms with Gasteiger partial charge >= 0.3 is 0 Å². The number of thiophene rings is 1. The molecule has 0 spiro atoms. The van der Waals surface area contributed by atoms with E-state index < -0.39 is 0 Å². The number of likely N-dealkylation sites (tertiary alicyclic amines) is 1. The summed E-state index contributed by atoms with van der Waals surface area (Å²) < 4.78 is 14.5. The molecule has 1 saturated heterocycles. The van der Waals surface area contributed by atoms with E-state index in [0.29, 0.717) is 47.3 Å². The number of fused-ring (bicyclic) bond motifs is 1. The van der Waals surface area contributed by atoms with E-state index >= 15 is 0 Å². The molecule has 0 radical (unpaired) electrons. The molecule has 2 aromatic heterocycles. The number of benzene rings is 1. The lowest BCUT2D eigenvalue weighted by Crippen LogP contribution is -2.43. The highest BCUT2D eigenvalue weighted by atomic mass is 32.1. The monoisotopic (exact) mass is 414 g/mol. The normalized spacial score (nSPS) is 15.0. The average molecular weight is 414 g/mol. The molecule has 0 aliphatic carbocycles. The van der Waals surface area contributed by atoms with Crippen molar-refractivity contribution in [2.24, 2.45) is 11.7 Å². The SMILES string of the molecule is NC(=O)C1CCN(C(=O)Cn2cnc3scc(-c4ccc(F)cc4)c3c2=O)CC1. The van der Waals surface area contributed by atoms with Gasteiger partial charge in [-0.05, 0) is 30.5 Å². The zero-order valence-electron chi connectivity index (χ0n) is 15.5. The second-order valence-electron chi connectivity index (χ2n) is 7.07. The first-order valence-electron chi connectivity index (χ1n) is 9.23. The summed E-state index contributed by atoms with van der Waals surface area (Å²) in [7, 11) is 0. The van der Waals surface area contributed by atoms with Crippen molar-refractivity contribution in [2.45, 2.75) is 19.4 Å². The molecule has 4 rings (SSSR count). The minimum Gasteiger partial charge on any atom is -0.369 e. The highest BCUT2D eigenvalue weighted by Gasteiger charge is 2.26. The molecular formula is C20H19FN4O3S. The van der Waals surface area contributed by atoms with Crippen molar-refractivity contribution in [1.82, 2.24) is 14.5 Å². The highest BCUT2D eigenvalue weighted by molar-refractivity contribution is 7.17. The Morgan fingerprint density at radius 1 is 1.21 bits per heavy atom. The second-order valence-corrected chi connectivity index (χ2v) is 7.93. The summed E-state index contributed by atoms with van der Waals surface area (Å²) in [5, 5.41) is 2.23. The Hall–Kier alpha value is -3.07. The molecule has 0 unspecified atom stereocenters. The third-order valence-corrected chi connectivity index (χ3v) is 6.16. The van der Waals surface area contributed by atoms with E-state index in [1.165, 1.54) is 34.4 Å². The zero-order valence-corrected chi connectivity index (χ0v) is 16.3. The van der Waals surface area contributed by atoms with Gasteiger partial charge in [0, 0.05) is 30.0 Å². The Balaban J connectivity index is 1.59. The molecule has 29 heavy (non-hydrogen) atoms. The lowest BCUT2D eigenvalue weighted by molar-refractivity contribution is -0.135. The molecule has 0 atom stereocenters. The maximum atomic E-state index is 13.2. The van der Waals surface area contributed by atoms with Gasteiger partial charge in [-0.1, -0.05) is 12.1 Å². The lowest BCUT2D eigenvalue weighted by Gasteiger charge is -2.30. The van der Waals surface area contributed by atoms with Gasteiger partial charge in [0.1, 0.15) is 17.2 Å². The summed E-state index contributed by atoms with van der Waals surface area (Å²) >= 11 is 1.33. The number of carbonyl (C=O) groups is 2.